The van der Waals surface area contributed by atoms with E-state index in [9.17, 15) is 4.79 Å². The third-order valence-electron chi connectivity index (χ3n) is 2.12. The van der Waals surface area contributed by atoms with Gasteiger partial charge < -0.3 is 15.8 Å². The predicted octanol–water partition coefficient (Wildman–Crippen LogP) is 1.00. The van der Waals surface area contributed by atoms with Gasteiger partial charge in [0.25, 0.3) is 5.91 Å². The van der Waals surface area contributed by atoms with Crippen LogP contribution in [-0.2, 0) is 11.3 Å². The normalized spacial score (nSPS) is 10.2. The van der Waals surface area contributed by atoms with Crippen LogP contribution in [0.15, 0.2) is 24.3 Å². The van der Waals surface area contributed by atoms with Crippen molar-refractivity contribution in [3.05, 3.63) is 29.8 Å². The molecule has 1 aromatic rings. The van der Waals surface area contributed by atoms with Crippen LogP contribution in [0.4, 0.5) is 0 Å². The number of hydrogen-bond acceptors (Lipinski definition) is 4. The molecule has 0 unspecified atom stereocenters. The molecule has 0 atom stereocenters. The summed E-state index contributed by atoms with van der Waals surface area (Å²) in [7, 11) is 0. The Balaban J connectivity index is 2.31. The summed E-state index contributed by atoms with van der Waals surface area (Å²) in [5.74, 6) is 1.31. The van der Waals surface area contributed by atoms with Gasteiger partial charge in [0.15, 0.2) is 6.61 Å². The number of carbonyl (C=O) groups is 1. The minimum Gasteiger partial charge on any atom is -0.484 e. The van der Waals surface area contributed by atoms with E-state index in [1.807, 2.05) is 36.0 Å². The molecule has 1 rings (SSSR count). The van der Waals surface area contributed by atoms with Gasteiger partial charge in [-0.25, -0.2) is 0 Å². The van der Waals surface area contributed by atoms with Gasteiger partial charge in [0.1, 0.15) is 5.75 Å². The summed E-state index contributed by atoms with van der Waals surface area (Å²) in [6.07, 6.45) is 2.09. The van der Waals surface area contributed by atoms with E-state index in [1.54, 1.807) is 0 Å². The molecule has 94 valence electrons. The quantitative estimate of drug-likeness (QED) is 0.679. The van der Waals surface area contributed by atoms with E-state index in [0.717, 1.165) is 18.8 Å². The number of ether oxygens (including phenoxy) is 1. The van der Waals surface area contributed by atoms with Crippen molar-refractivity contribution >= 4 is 17.7 Å². The maximum absolute atomic E-state index is 10.5. The summed E-state index contributed by atoms with van der Waals surface area (Å²) in [6, 6.07) is 7.63. The van der Waals surface area contributed by atoms with Crippen LogP contribution in [0.2, 0.25) is 0 Å². The second kappa shape index (κ2) is 7.97. The van der Waals surface area contributed by atoms with E-state index in [0.29, 0.717) is 5.75 Å². The van der Waals surface area contributed by atoms with Crippen LogP contribution >= 0.6 is 11.8 Å². The lowest BCUT2D eigenvalue weighted by molar-refractivity contribution is -0.119. The third kappa shape index (κ3) is 6.19. The summed E-state index contributed by atoms with van der Waals surface area (Å²) >= 11 is 1.82. The summed E-state index contributed by atoms with van der Waals surface area (Å²) < 4.78 is 5.17. The van der Waals surface area contributed by atoms with Crippen molar-refractivity contribution in [2.24, 2.45) is 5.73 Å². The first-order chi connectivity index (χ1) is 8.22. The van der Waals surface area contributed by atoms with Crippen LogP contribution in [0.5, 0.6) is 5.75 Å². The zero-order valence-electron chi connectivity index (χ0n) is 9.94. The van der Waals surface area contributed by atoms with Gasteiger partial charge in [0.05, 0.1) is 0 Å². The molecule has 1 aromatic carbocycles. The number of hydrogen-bond donors (Lipinski definition) is 2. The molecule has 3 N–H and O–H groups in total. The Morgan fingerprint density at radius 3 is 2.71 bits per heavy atom. The first kappa shape index (κ1) is 13.9. The lowest BCUT2D eigenvalue weighted by atomic mass is 10.2. The highest BCUT2D eigenvalue weighted by molar-refractivity contribution is 7.98. The molecule has 1 amide bonds. The SMILES string of the molecule is CSCCNCc1ccc(OCC(N)=O)cc1. The smallest absolute Gasteiger partial charge is 0.255 e. The van der Waals surface area contributed by atoms with Gasteiger partial charge >= 0.3 is 0 Å². The highest BCUT2D eigenvalue weighted by Crippen LogP contribution is 2.11. The van der Waals surface area contributed by atoms with E-state index in [2.05, 4.69) is 11.6 Å². The van der Waals surface area contributed by atoms with Gasteiger partial charge in [-0.2, -0.15) is 11.8 Å². The summed E-state index contributed by atoms with van der Waals surface area (Å²) in [5, 5.41) is 3.34. The molecule has 0 aromatic heterocycles. The van der Waals surface area contributed by atoms with Crippen molar-refractivity contribution in [1.29, 1.82) is 0 Å². The van der Waals surface area contributed by atoms with Crippen LogP contribution in [0.1, 0.15) is 5.56 Å². The molecular formula is C12H18N2O2S. The average molecular weight is 254 g/mol. The van der Waals surface area contributed by atoms with Crippen LogP contribution < -0.4 is 15.8 Å². The van der Waals surface area contributed by atoms with Crippen molar-refractivity contribution in [1.82, 2.24) is 5.32 Å². The molecule has 5 heteroatoms. The van der Waals surface area contributed by atoms with Crippen molar-refractivity contribution in [2.75, 3.05) is 25.2 Å². The van der Waals surface area contributed by atoms with Crippen molar-refractivity contribution in [2.45, 2.75) is 6.54 Å². The Morgan fingerprint density at radius 2 is 2.12 bits per heavy atom. The number of amides is 1. The Kier molecular flexibility index (Phi) is 6.50. The van der Waals surface area contributed by atoms with E-state index in [1.165, 1.54) is 5.56 Å². The first-order valence-electron chi connectivity index (χ1n) is 5.42. The number of carbonyl (C=O) groups excluding carboxylic acids is 1. The third-order valence-corrected chi connectivity index (χ3v) is 2.73. The van der Waals surface area contributed by atoms with Gasteiger partial charge in [-0.1, -0.05) is 12.1 Å². The molecule has 0 spiro atoms. The Labute approximate surface area is 106 Å². The molecule has 0 saturated heterocycles. The lowest BCUT2D eigenvalue weighted by Crippen LogP contribution is -2.20. The second-order valence-corrected chi connectivity index (χ2v) is 4.55. The Bertz CT molecular complexity index is 341. The minimum absolute atomic E-state index is 0.0781. The highest BCUT2D eigenvalue weighted by atomic mass is 32.2. The standard InChI is InChI=1S/C12H18N2O2S/c1-17-7-6-14-8-10-2-4-11(5-3-10)16-9-12(13)15/h2-5,14H,6-9H2,1H3,(H2,13,15). The molecular weight excluding hydrogens is 236 g/mol. The molecule has 0 bridgehead atoms. The van der Waals surface area contributed by atoms with Gasteiger partial charge in [0, 0.05) is 18.8 Å². The molecule has 0 radical (unpaired) electrons. The maximum Gasteiger partial charge on any atom is 0.255 e. The molecule has 0 aliphatic heterocycles. The lowest BCUT2D eigenvalue weighted by Gasteiger charge is -2.06. The number of nitrogens with one attached hydrogen (secondary N) is 1. The number of benzene rings is 1. The summed E-state index contributed by atoms with van der Waals surface area (Å²) in [5.41, 5.74) is 6.18. The van der Waals surface area contributed by atoms with Crippen molar-refractivity contribution < 1.29 is 9.53 Å². The fraction of sp³-hybridized carbons (Fsp3) is 0.417. The Morgan fingerprint density at radius 1 is 1.41 bits per heavy atom. The number of primary amides is 1. The molecule has 0 aliphatic carbocycles. The van der Waals surface area contributed by atoms with E-state index in [4.69, 9.17) is 10.5 Å². The first-order valence-corrected chi connectivity index (χ1v) is 6.81. The van der Waals surface area contributed by atoms with E-state index < -0.39 is 5.91 Å². The van der Waals surface area contributed by atoms with Gasteiger partial charge in [0.2, 0.25) is 0 Å². The summed E-state index contributed by atoms with van der Waals surface area (Å²) in [6.45, 7) is 1.77. The maximum atomic E-state index is 10.5. The number of rotatable bonds is 8. The van der Waals surface area contributed by atoms with Gasteiger partial charge in [-0.3, -0.25) is 4.79 Å². The topological polar surface area (TPSA) is 64.3 Å². The second-order valence-electron chi connectivity index (χ2n) is 3.57. The van der Waals surface area contributed by atoms with E-state index in [-0.39, 0.29) is 6.61 Å². The minimum atomic E-state index is -0.465. The van der Waals surface area contributed by atoms with Crippen molar-refractivity contribution in [3.63, 3.8) is 0 Å². The predicted molar refractivity (Wildman–Crippen MR) is 71.2 cm³/mol. The summed E-state index contributed by atoms with van der Waals surface area (Å²) in [4.78, 5) is 10.5. The van der Waals surface area contributed by atoms with Crippen LogP contribution in [0.25, 0.3) is 0 Å². The fourth-order valence-corrected chi connectivity index (χ4v) is 1.61. The highest BCUT2D eigenvalue weighted by Gasteiger charge is 1.98. The average Bonchev–Trinajstić information content (AvgIpc) is 2.33. The Hall–Kier alpha value is -1.20. The van der Waals surface area contributed by atoms with Gasteiger partial charge in [-0.05, 0) is 24.0 Å². The zero-order valence-corrected chi connectivity index (χ0v) is 10.8. The van der Waals surface area contributed by atoms with Crippen molar-refractivity contribution in [3.8, 4) is 5.75 Å². The number of nitrogens with two attached hydrogens (primary N) is 1. The van der Waals surface area contributed by atoms with Crippen LogP contribution in [0, 0.1) is 0 Å². The van der Waals surface area contributed by atoms with E-state index >= 15 is 0 Å². The molecule has 0 heterocycles. The largest absolute Gasteiger partial charge is 0.484 e. The van der Waals surface area contributed by atoms with Crippen LogP contribution in [0.3, 0.4) is 0 Å². The molecule has 4 nitrogen and oxygen atoms in total. The molecule has 0 fully saturated rings. The van der Waals surface area contributed by atoms with Crippen LogP contribution in [-0.4, -0.2) is 31.1 Å². The van der Waals surface area contributed by atoms with Gasteiger partial charge in [-0.15, -0.1) is 0 Å². The number of thioether (sulfide) groups is 1. The monoisotopic (exact) mass is 254 g/mol. The molecule has 17 heavy (non-hydrogen) atoms. The fourth-order valence-electron chi connectivity index (χ4n) is 1.26. The molecule has 0 aliphatic rings. The zero-order chi connectivity index (χ0) is 12.5. The molecule has 0 saturated carbocycles.